The van der Waals surface area contributed by atoms with E-state index < -0.39 is 45.5 Å². The lowest BCUT2D eigenvalue weighted by atomic mass is 10.0. The van der Waals surface area contributed by atoms with Crippen molar-refractivity contribution in [2.24, 2.45) is 0 Å². The van der Waals surface area contributed by atoms with Gasteiger partial charge in [0.25, 0.3) is 11.1 Å². The monoisotopic (exact) mass is 1280 g/mol. The van der Waals surface area contributed by atoms with Gasteiger partial charge in [-0.15, -0.1) is 34.0 Å². The summed E-state index contributed by atoms with van der Waals surface area (Å²) in [6, 6.07) is 30.4. The van der Waals surface area contributed by atoms with Crippen LogP contribution in [0.15, 0.2) is 109 Å². The zero-order valence-electron chi connectivity index (χ0n) is 47.6. The quantitative estimate of drug-likeness (QED) is 0.0779. The van der Waals surface area contributed by atoms with E-state index in [0.717, 1.165) is 175 Å². The number of ether oxygens (including phenoxy) is 4. The minimum atomic E-state index is -1.12. The molecule has 0 spiro atoms. The van der Waals surface area contributed by atoms with Crippen molar-refractivity contribution in [3.05, 3.63) is 186 Å². The zero-order valence-corrected chi connectivity index (χ0v) is 50.8. The van der Waals surface area contributed by atoms with Gasteiger partial charge in [0.1, 0.15) is 57.4 Å². The Balaban J connectivity index is 0.000000161. The van der Waals surface area contributed by atoms with Crippen LogP contribution < -0.4 is 35.7 Å². The van der Waals surface area contributed by atoms with Crippen molar-refractivity contribution in [3.8, 4) is 56.8 Å². The first-order valence-electron chi connectivity index (χ1n) is 27.7. The Kier molecular flexibility index (Phi) is 23.8. The number of fused-ring (bicyclic) bond motifs is 10. The van der Waals surface area contributed by atoms with Gasteiger partial charge in [0.2, 0.25) is 0 Å². The molecule has 88 heavy (non-hydrogen) atoms. The molecule has 0 saturated heterocycles. The molecule has 13 nitrogen and oxygen atoms in total. The van der Waals surface area contributed by atoms with Crippen molar-refractivity contribution in [1.29, 1.82) is 0 Å². The average molecular weight is 1280 g/mol. The maximum atomic E-state index is 13.8. The fraction of sp³-hybridized carbons (Fsp3) is 0.284. The second-order valence-electron chi connectivity index (χ2n) is 20.1. The highest BCUT2D eigenvalue weighted by molar-refractivity contribution is 7.16. The lowest BCUT2D eigenvalue weighted by molar-refractivity contribution is 0.0979. The molecule has 6 aromatic carbocycles. The number of halogens is 5. The molecular formula is C67H69ClF4N6O7S3. The molecule has 9 aromatic rings. The highest BCUT2D eigenvalue weighted by Gasteiger charge is 2.25. The summed E-state index contributed by atoms with van der Waals surface area (Å²) in [5, 5.41) is 3.06. The van der Waals surface area contributed by atoms with E-state index in [9.17, 15) is 31.9 Å². The number of thiazole rings is 3. The van der Waals surface area contributed by atoms with Gasteiger partial charge in [-0.05, 0) is 202 Å². The second kappa shape index (κ2) is 31.1. The van der Waals surface area contributed by atoms with Crippen LogP contribution in [-0.4, -0.2) is 60.3 Å². The molecule has 0 unspecified atom stereocenters. The van der Waals surface area contributed by atoms with Crippen LogP contribution in [0.2, 0.25) is 0 Å². The number of aryl methyl sites for hydroxylation is 7. The molecule has 0 bridgehead atoms. The van der Waals surface area contributed by atoms with E-state index in [-0.39, 0.29) is 20.6 Å². The Hall–Kier alpha value is -8.17. The number of amides is 1. The van der Waals surface area contributed by atoms with Gasteiger partial charge in [-0.3, -0.25) is 19.7 Å². The van der Waals surface area contributed by atoms with E-state index in [0.29, 0.717) is 21.8 Å². The van der Waals surface area contributed by atoms with Crippen LogP contribution >= 0.6 is 45.6 Å². The SMILES string of the molecule is C.C.COc1ccc2c(c1)-c1nc(N)sc1CCC2.COc1ccc2c(c1)CCCCC2=O.COc1ccc2c(c1)CCCc1sc(N)nc1-2.COc1ccc2c(c1)CCCc1sc(NC(=O)c3c(F)cccc3F)nc1-2.O=C(Cl)c1c(F)cccc1F. The number of ketones is 1. The molecule has 0 aliphatic heterocycles. The number of benzene rings is 6. The Morgan fingerprint density at radius 3 is 1.33 bits per heavy atom. The number of carbonyl (C=O) groups is 3. The molecule has 462 valence electrons. The molecule has 21 heteroatoms. The van der Waals surface area contributed by atoms with Crippen molar-refractivity contribution < 1.29 is 50.9 Å². The molecule has 3 heterocycles. The molecule has 4 aliphatic carbocycles. The minimum Gasteiger partial charge on any atom is -0.497 e. The smallest absolute Gasteiger partial charge is 0.263 e. The number of nitrogens with one attached hydrogen (secondary N) is 1. The predicted octanol–water partition coefficient (Wildman–Crippen LogP) is 16.8. The molecule has 5 N–H and O–H groups in total. The summed E-state index contributed by atoms with van der Waals surface area (Å²) in [5.74, 6) is -0.821. The number of anilines is 3. The van der Waals surface area contributed by atoms with Gasteiger partial charge >= 0.3 is 0 Å². The first-order valence-corrected chi connectivity index (χ1v) is 30.5. The van der Waals surface area contributed by atoms with Gasteiger partial charge in [0, 0.05) is 43.3 Å². The summed E-state index contributed by atoms with van der Waals surface area (Å²) in [7, 11) is 6.67. The van der Waals surface area contributed by atoms with Gasteiger partial charge in [-0.2, -0.15) is 0 Å². The second-order valence-corrected chi connectivity index (χ2v) is 23.8. The third-order valence-corrected chi connectivity index (χ3v) is 17.8. The van der Waals surface area contributed by atoms with E-state index in [4.69, 9.17) is 42.0 Å². The maximum absolute atomic E-state index is 13.8. The Morgan fingerprint density at radius 1 is 0.466 bits per heavy atom. The van der Waals surface area contributed by atoms with E-state index in [1.54, 1.807) is 51.1 Å². The van der Waals surface area contributed by atoms with Crippen LogP contribution in [-0.2, 0) is 44.9 Å². The standard InChI is InChI=1S/C20H16F2N2O2S.2C13H14N2OS.C12H14O2.C7H3ClF2O.2CH4/c1-26-12-8-9-13-11(10-12)4-2-7-16-18(13)23-20(27-16)24-19(25)17-14(21)5-3-6-15(17)22;1-16-9-5-6-10-8(7-9)3-2-4-11-12(10)15-13(14)17-11;1-16-9-6-5-8-3-2-4-11-12(10(8)7-9)15-13(14)17-11;1-14-10-6-7-11-9(8-10)4-2-3-5-12(11)13;8-7(11)6-4(9)2-1-3-5(6)10;;/h3,5-6,8-10H,2,4,7H2,1H3,(H,23,24,25);2*5-7H,2-4H2,1H3,(H2,14,15);6-8H,2-5H2,1H3;1-3H;2*1H4. The average Bonchev–Trinajstić information content (AvgIpc) is 2.25. The first kappa shape index (κ1) is 67.3. The number of hydrogen-bond acceptors (Lipinski definition) is 15. The highest BCUT2D eigenvalue weighted by Crippen LogP contribution is 2.41. The third-order valence-electron chi connectivity index (χ3n) is 14.7. The zero-order chi connectivity index (χ0) is 61.0. The van der Waals surface area contributed by atoms with E-state index in [1.165, 1.54) is 49.4 Å². The fourth-order valence-electron chi connectivity index (χ4n) is 10.5. The predicted molar refractivity (Wildman–Crippen MR) is 346 cm³/mol. The molecular weight excluding hydrogens is 1210 g/mol. The van der Waals surface area contributed by atoms with Crippen molar-refractivity contribution in [2.45, 2.75) is 98.3 Å². The Labute approximate surface area is 527 Å². The van der Waals surface area contributed by atoms with Gasteiger partial charge < -0.3 is 30.4 Å². The minimum absolute atomic E-state index is 0. The van der Waals surface area contributed by atoms with Crippen molar-refractivity contribution in [1.82, 2.24) is 15.0 Å². The molecule has 3 aromatic heterocycles. The first-order chi connectivity index (χ1) is 41.5. The largest absolute Gasteiger partial charge is 0.497 e. The number of rotatable bonds is 7. The summed E-state index contributed by atoms with van der Waals surface area (Å²) in [5.41, 5.74) is 22.5. The van der Waals surface area contributed by atoms with Gasteiger partial charge in [-0.1, -0.05) is 33.1 Å². The summed E-state index contributed by atoms with van der Waals surface area (Å²) in [6.45, 7) is 0. The summed E-state index contributed by atoms with van der Waals surface area (Å²) >= 11 is 9.45. The molecule has 13 rings (SSSR count). The normalized spacial score (nSPS) is 12.9. The lowest BCUT2D eigenvalue weighted by Gasteiger charge is -2.08. The fourth-order valence-corrected chi connectivity index (χ4v) is 13.4. The van der Waals surface area contributed by atoms with E-state index in [1.807, 2.05) is 48.5 Å². The molecule has 0 saturated carbocycles. The number of nitrogens with zero attached hydrogens (tertiary/aromatic N) is 3. The van der Waals surface area contributed by atoms with Crippen LogP contribution in [0.25, 0.3) is 33.8 Å². The number of hydrogen-bond donors (Lipinski definition) is 3. The van der Waals surface area contributed by atoms with Crippen LogP contribution in [0.3, 0.4) is 0 Å². The summed E-state index contributed by atoms with van der Waals surface area (Å²) in [4.78, 5) is 51.5. The third kappa shape index (κ3) is 16.1. The molecule has 0 fully saturated rings. The number of nitrogen functional groups attached to an aromatic ring is 2. The Morgan fingerprint density at radius 2 is 0.852 bits per heavy atom. The Bertz CT molecular complexity index is 3910. The molecule has 4 aliphatic rings. The number of carbonyl (C=O) groups excluding carboxylic acids is 3. The number of methoxy groups -OCH3 is 4. The van der Waals surface area contributed by atoms with Crippen LogP contribution in [0, 0.1) is 23.3 Å². The molecule has 0 radical (unpaired) electrons. The van der Waals surface area contributed by atoms with Crippen molar-refractivity contribution >= 4 is 77.9 Å². The van der Waals surface area contributed by atoms with Crippen LogP contribution in [0.1, 0.15) is 121 Å². The molecule has 0 atom stereocenters. The van der Waals surface area contributed by atoms with E-state index in [2.05, 4.69) is 44.5 Å². The van der Waals surface area contributed by atoms with Crippen molar-refractivity contribution in [3.63, 3.8) is 0 Å². The summed E-state index contributed by atoms with van der Waals surface area (Å²) in [6.07, 6.45) is 13.1. The van der Waals surface area contributed by atoms with Crippen molar-refractivity contribution in [2.75, 3.05) is 45.2 Å². The van der Waals surface area contributed by atoms with Gasteiger partial charge in [0.15, 0.2) is 21.2 Å². The van der Waals surface area contributed by atoms with Crippen LogP contribution in [0.5, 0.6) is 23.0 Å². The number of Topliss-reactive ketones (excluding diaryl/α,β-unsaturated/α-hetero) is 1. The van der Waals surface area contributed by atoms with Gasteiger partial charge in [-0.25, -0.2) is 32.5 Å². The number of nitrogens with two attached hydrogens (primary N) is 2. The highest BCUT2D eigenvalue weighted by atomic mass is 35.5. The van der Waals surface area contributed by atoms with Crippen LogP contribution in [0.4, 0.5) is 33.0 Å². The van der Waals surface area contributed by atoms with Gasteiger partial charge in [0.05, 0.1) is 45.5 Å². The summed E-state index contributed by atoms with van der Waals surface area (Å²) < 4.78 is 73.8. The maximum Gasteiger partial charge on any atom is 0.263 e. The van der Waals surface area contributed by atoms with E-state index >= 15 is 0 Å². The molecule has 1 amide bonds. The lowest BCUT2D eigenvalue weighted by Crippen LogP contribution is -2.15. The number of aromatic nitrogens is 3. The topological polar surface area (TPSA) is 191 Å².